The van der Waals surface area contributed by atoms with Crippen LogP contribution in [0.3, 0.4) is 0 Å². The molecule has 3 N–H and O–H groups in total. The quantitative estimate of drug-likeness (QED) is 0.650. The molecule has 3 rings (SSSR count). The van der Waals surface area contributed by atoms with Crippen molar-refractivity contribution in [1.82, 2.24) is 10.1 Å². The van der Waals surface area contributed by atoms with Gasteiger partial charge in [-0.05, 0) is 12.1 Å². The molecule has 0 saturated heterocycles. The van der Waals surface area contributed by atoms with Crippen LogP contribution in [0.1, 0.15) is 38.9 Å². The lowest BCUT2D eigenvalue weighted by atomic mass is 9.97. The molecule has 1 aliphatic rings. The molecule has 8 heteroatoms. The molecule has 0 spiro atoms. The number of nitrogens with zero attached hydrogens (tertiary/aromatic N) is 3. The second-order valence-electron chi connectivity index (χ2n) is 6.80. The lowest BCUT2D eigenvalue weighted by Gasteiger charge is -2.10. The minimum absolute atomic E-state index is 0.192. The Morgan fingerprint density at radius 1 is 1.24 bits per heavy atom. The predicted octanol–water partition coefficient (Wildman–Crippen LogP) is 2.46. The van der Waals surface area contributed by atoms with Crippen LogP contribution in [-0.2, 0) is 12.0 Å². The molecule has 0 amide bonds. The summed E-state index contributed by atoms with van der Waals surface area (Å²) in [5, 5.41) is 6.94. The number of nitrogens with two attached hydrogens (primary N) is 1. The van der Waals surface area contributed by atoms with Gasteiger partial charge in [0.2, 0.25) is 5.89 Å². The Hall–Kier alpha value is -2.77. The summed E-state index contributed by atoms with van der Waals surface area (Å²) < 4.78 is 16.5. The van der Waals surface area contributed by atoms with Gasteiger partial charge in [-0.1, -0.05) is 25.9 Å². The fraction of sp³-hybridized carbons (Fsp3) is 0.471. The van der Waals surface area contributed by atoms with E-state index >= 15 is 0 Å². The van der Waals surface area contributed by atoms with Gasteiger partial charge >= 0.3 is 0 Å². The molecule has 0 radical (unpaired) electrons. The van der Waals surface area contributed by atoms with Crippen LogP contribution in [0.4, 0.5) is 5.69 Å². The number of ether oxygens (including phenoxy) is 2. The third-order valence-corrected chi connectivity index (χ3v) is 3.52. The molecule has 2 heterocycles. The van der Waals surface area contributed by atoms with Gasteiger partial charge in [0.15, 0.2) is 23.3 Å². The first-order chi connectivity index (χ1) is 11.9. The largest absolute Gasteiger partial charge is 0.490 e. The number of rotatable bonds is 3. The molecule has 25 heavy (non-hydrogen) atoms. The minimum atomic E-state index is -0.192. The molecule has 0 atom stereocenters. The second kappa shape index (κ2) is 7.00. The van der Waals surface area contributed by atoms with Crippen LogP contribution >= 0.6 is 0 Å². The highest BCUT2D eigenvalue weighted by Crippen LogP contribution is 2.32. The van der Waals surface area contributed by atoms with E-state index in [4.69, 9.17) is 19.7 Å². The standard InChI is InChI=1S/C17H23N5O3/c1-17(2,3)15-21-14(22-25-15)10-19-16(18)20-11-5-6-12-13(9-11)24-8-4-7-23-12/h5-6,9H,4,7-8,10H2,1-3H3,(H3,18,19,20). The first kappa shape index (κ1) is 17.1. The van der Waals surface area contributed by atoms with Gasteiger partial charge in [-0.25, -0.2) is 4.99 Å². The maximum atomic E-state index is 5.93. The average molecular weight is 345 g/mol. The van der Waals surface area contributed by atoms with E-state index in [1.54, 1.807) is 0 Å². The number of aromatic nitrogens is 2. The molecule has 134 valence electrons. The fourth-order valence-electron chi connectivity index (χ4n) is 2.21. The summed E-state index contributed by atoms with van der Waals surface area (Å²) in [5.41, 5.74) is 6.51. The van der Waals surface area contributed by atoms with Crippen molar-refractivity contribution >= 4 is 11.6 Å². The van der Waals surface area contributed by atoms with Gasteiger partial charge in [-0.3, -0.25) is 0 Å². The van der Waals surface area contributed by atoms with Gasteiger partial charge in [-0.15, -0.1) is 0 Å². The summed E-state index contributed by atoms with van der Waals surface area (Å²) in [6.45, 7) is 7.55. The smallest absolute Gasteiger partial charge is 0.232 e. The van der Waals surface area contributed by atoms with Crippen molar-refractivity contribution in [2.75, 3.05) is 18.5 Å². The summed E-state index contributed by atoms with van der Waals surface area (Å²) in [6.07, 6.45) is 0.863. The molecule has 0 bridgehead atoms. The molecule has 2 aromatic rings. The third-order valence-electron chi connectivity index (χ3n) is 3.52. The number of guanidine groups is 1. The van der Waals surface area contributed by atoms with E-state index in [0.717, 1.165) is 17.9 Å². The van der Waals surface area contributed by atoms with Crippen LogP contribution in [0.2, 0.25) is 0 Å². The topological polar surface area (TPSA) is 108 Å². The number of benzene rings is 1. The van der Waals surface area contributed by atoms with Crippen molar-refractivity contribution in [1.29, 1.82) is 0 Å². The van der Waals surface area contributed by atoms with E-state index < -0.39 is 0 Å². The Balaban J connectivity index is 1.63. The van der Waals surface area contributed by atoms with Crippen LogP contribution < -0.4 is 20.5 Å². The van der Waals surface area contributed by atoms with Crippen LogP contribution in [0.15, 0.2) is 27.7 Å². The zero-order valence-corrected chi connectivity index (χ0v) is 14.7. The lowest BCUT2D eigenvalue weighted by Crippen LogP contribution is -2.22. The lowest BCUT2D eigenvalue weighted by molar-refractivity contribution is 0.297. The number of nitrogens with one attached hydrogen (secondary N) is 1. The number of anilines is 1. The van der Waals surface area contributed by atoms with Crippen LogP contribution in [-0.4, -0.2) is 29.3 Å². The first-order valence-electron chi connectivity index (χ1n) is 8.21. The Morgan fingerprint density at radius 2 is 2.00 bits per heavy atom. The van der Waals surface area contributed by atoms with E-state index in [-0.39, 0.29) is 17.9 Å². The molecule has 0 unspecified atom stereocenters. The highest BCUT2D eigenvalue weighted by atomic mass is 16.5. The minimum Gasteiger partial charge on any atom is -0.490 e. The average Bonchev–Trinajstić information content (AvgIpc) is 2.92. The highest BCUT2D eigenvalue weighted by Gasteiger charge is 2.21. The molecule has 0 aliphatic carbocycles. The Labute approximate surface area is 146 Å². The summed E-state index contributed by atoms with van der Waals surface area (Å²) in [6, 6.07) is 5.56. The van der Waals surface area contributed by atoms with Crippen molar-refractivity contribution in [3.8, 4) is 11.5 Å². The Bertz CT molecular complexity index is 764. The molecule has 0 fully saturated rings. The van der Waals surface area contributed by atoms with E-state index in [9.17, 15) is 0 Å². The second-order valence-corrected chi connectivity index (χ2v) is 6.80. The summed E-state index contributed by atoms with van der Waals surface area (Å²) in [4.78, 5) is 8.57. The molecular formula is C17H23N5O3. The van der Waals surface area contributed by atoms with Crippen molar-refractivity contribution in [2.45, 2.75) is 39.2 Å². The summed E-state index contributed by atoms with van der Waals surface area (Å²) >= 11 is 0. The maximum absolute atomic E-state index is 5.93. The third kappa shape index (κ3) is 4.40. The van der Waals surface area contributed by atoms with Gasteiger partial charge in [0.1, 0.15) is 6.54 Å². The van der Waals surface area contributed by atoms with Crippen molar-refractivity contribution in [3.63, 3.8) is 0 Å². The molecule has 1 aromatic carbocycles. The molecule has 1 aliphatic heterocycles. The predicted molar refractivity (Wildman–Crippen MR) is 94.0 cm³/mol. The molecule has 8 nitrogen and oxygen atoms in total. The van der Waals surface area contributed by atoms with Crippen molar-refractivity contribution in [3.05, 3.63) is 29.9 Å². The van der Waals surface area contributed by atoms with Gasteiger partial charge in [-0.2, -0.15) is 4.98 Å². The zero-order chi connectivity index (χ0) is 17.9. The van der Waals surface area contributed by atoms with Crippen LogP contribution in [0, 0.1) is 0 Å². The summed E-state index contributed by atoms with van der Waals surface area (Å²) in [7, 11) is 0. The normalized spacial score (nSPS) is 14.9. The van der Waals surface area contributed by atoms with Crippen LogP contribution in [0.25, 0.3) is 0 Å². The monoisotopic (exact) mass is 345 g/mol. The maximum Gasteiger partial charge on any atom is 0.232 e. The van der Waals surface area contributed by atoms with Crippen LogP contribution in [0.5, 0.6) is 11.5 Å². The van der Waals surface area contributed by atoms with E-state index in [1.165, 1.54) is 0 Å². The van der Waals surface area contributed by atoms with Crippen molar-refractivity contribution in [2.24, 2.45) is 10.7 Å². The van der Waals surface area contributed by atoms with Gasteiger partial charge in [0.25, 0.3) is 0 Å². The fourth-order valence-corrected chi connectivity index (χ4v) is 2.21. The summed E-state index contributed by atoms with van der Waals surface area (Å²) in [5.74, 6) is 2.76. The number of fused-ring (bicyclic) bond motifs is 1. The SMILES string of the molecule is CC(C)(C)c1nc(CN=C(N)Nc2ccc3c(c2)OCCCO3)no1. The Morgan fingerprint density at radius 3 is 2.72 bits per heavy atom. The number of hydrogen-bond donors (Lipinski definition) is 2. The highest BCUT2D eigenvalue weighted by molar-refractivity contribution is 5.92. The van der Waals surface area contributed by atoms with Gasteiger partial charge in [0, 0.05) is 23.6 Å². The van der Waals surface area contributed by atoms with E-state index in [2.05, 4.69) is 20.4 Å². The zero-order valence-electron chi connectivity index (χ0n) is 14.7. The number of aliphatic imine (C=N–C) groups is 1. The van der Waals surface area contributed by atoms with Crippen molar-refractivity contribution < 1.29 is 14.0 Å². The van der Waals surface area contributed by atoms with Gasteiger partial charge < -0.3 is 25.0 Å². The molecular weight excluding hydrogens is 322 g/mol. The van der Waals surface area contributed by atoms with E-state index in [1.807, 2.05) is 39.0 Å². The Kier molecular flexibility index (Phi) is 4.78. The van der Waals surface area contributed by atoms with Gasteiger partial charge in [0.05, 0.1) is 13.2 Å². The van der Waals surface area contributed by atoms with E-state index in [0.29, 0.717) is 30.7 Å². The first-order valence-corrected chi connectivity index (χ1v) is 8.21. The molecule has 0 saturated carbocycles. The number of hydrogen-bond acceptors (Lipinski definition) is 6. The molecule has 1 aromatic heterocycles.